The van der Waals surface area contributed by atoms with Gasteiger partial charge in [0.05, 0.1) is 13.7 Å². The fourth-order valence-corrected chi connectivity index (χ4v) is 3.37. The van der Waals surface area contributed by atoms with Crippen molar-refractivity contribution in [1.29, 1.82) is 0 Å². The number of rotatable bonds is 8. The molecule has 0 N–H and O–H groups in total. The molecule has 0 bridgehead atoms. The predicted molar refractivity (Wildman–Crippen MR) is 113 cm³/mol. The maximum absolute atomic E-state index is 13.5. The van der Waals surface area contributed by atoms with Gasteiger partial charge in [-0.15, -0.1) is 0 Å². The summed E-state index contributed by atoms with van der Waals surface area (Å²) in [4.78, 5) is 15.1. The summed E-state index contributed by atoms with van der Waals surface area (Å²) in [6.07, 6.45) is 1.96. The largest absolute Gasteiger partial charge is 0.497 e. The summed E-state index contributed by atoms with van der Waals surface area (Å²) in [6, 6.07) is 17.8. The Kier molecular flexibility index (Phi) is 6.70. The zero-order valence-corrected chi connectivity index (χ0v) is 17.1. The van der Waals surface area contributed by atoms with Crippen molar-refractivity contribution < 1.29 is 13.9 Å². The molecule has 0 spiro atoms. The third kappa shape index (κ3) is 5.47. The Balaban J connectivity index is 1.82. The van der Waals surface area contributed by atoms with E-state index < -0.39 is 0 Å². The number of halogens is 1. The van der Waals surface area contributed by atoms with Crippen molar-refractivity contribution in [1.82, 2.24) is 9.47 Å². The van der Waals surface area contributed by atoms with Gasteiger partial charge in [-0.05, 0) is 53.9 Å². The molecular weight excluding hydrogens is 367 g/mol. The van der Waals surface area contributed by atoms with Crippen LogP contribution in [0.2, 0.25) is 0 Å². The monoisotopic (exact) mass is 394 g/mol. The van der Waals surface area contributed by atoms with Crippen LogP contribution in [-0.2, 0) is 13.1 Å². The second-order valence-corrected chi connectivity index (χ2v) is 7.57. The Bertz CT molecular complexity index is 965. The normalized spacial score (nSPS) is 10.9. The van der Waals surface area contributed by atoms with Gasteiger partial charge in [-0.3, -0.25) is 4.79 Å². The van der Waals surface area contributed by atoms with Crippen LogP contribution in [0.25, 0.3) is 0 Å². The number of hydrogen-bond acceptors (Lipinski definition) is 2. The van der Waals surface area contributed by atoms with E-state index in [1.165, 1.54) is 12.1 Å². The summed E-state index contributed by atoms with van der Waals surface area (Å²) < 4.78 is 20.9. The molecule has 5 heteroatoms. The minimum atomic E-state index is -0.245. The van der Waals surface area contributed by atoms with Crippen LogP contribution < -0.4 is 4.74 Å². The number of aromatic nitrogens is 1. The number of ether oxygens (including phenoxy) is 1. The molecule has 0 saturated heterocycles. The highest BCUT2D eigenvalue weighted by molar-refractivity contribution is 5.94. The van der Waals surface area contributed by atoms with E-state index in [1.807, 2.05) is 47.5 Å². The number of nitrogens with zero attached hydrogens (tertiary/aromatic N) is 2. The molecule has 1 heterocycles. The second kappa shape index (κ2) is 9.41. The third-order valence-electron chi connectivity index (χ3n) is 4.71. The van der Waals surface area contributed by atoms with Gasteiger partial charge in [0.2, 0.25) is 0 Å². The van der Waals surface area contributed by atoms with Crippen LogP contribution in [0.3, 0.4) is 0 Å². The number of methoxy groups -OCH3 is 1. The number of amides is 1. The topological polar surface area (TPSA) is 34.5 Å². The zero-order valence-electron chi connectivity index (χ0n) is 17.1. The third-order valence-corrected chi connectivity index (χ3v) is 4.71. The second-order valence-electron chi connectivity index (χ2n) is 7.57. The van der Waals surface area contributed by atoms with E-state index in [1.54, 1.807) is 19.2 Å². The number of benzene rings is 2. The molecule has 3 rings (SSSR count). The van der Waals surface area contributed by atoms with Crippen LogP contribution in [0.5, 0.6) is 5.75 Å². The smallest absolute Gasteiger partial charge is 0.254 e. The molecule has 2 aromatic carbocycles. The van der Waals surface area contributed by atoms with Crippen molar-refractivity contribution in [3.8, 4) is 5.75 Å². The Morgan fingerprint density at radius 1 is 1.10 bits per heavy atom. The van der Waals surface area contributed by atoms with E-state index >= 15 is 0 Å². The lowest BCUT2D eigenvalue weighted by molar-refractivity contribution is 0.0718. The molecule has 0 radical (unpaired) electrons. The van der Waals surface area contributed by atoms with E-state index in [0.29, 0.717) is 36.9 Å². The van der Waals surface area contributed by atoms with Gasteiger partial charge in [0.1, 0.15) is 11.6 Å². The van der Waals surface area contributed by atoms with Gasteiger partial charge >= 0.3 is 0 Å². The van der Waals surface area contributed by atoms with Crippen LogP contribution in [-0.4, -0.2) is 29.0 Å². The van der Waals surface area contributed by atoms with Crippen LogP contribution in [0, 0.1) is 11.7 Å². The minimum Gasteiger partial charge on any atom is -0.497 e. The SMILES string of the molecule is COc1cccc(C(=O)N(Cc2cccn2Cc2cccc(F)c2)CC(C)C)c1. The van der Waals surface area contributed by atoms with E-state index in [4.69, 9.17) is 4.74 Å². The zero-order chi connectivity index (χ0) is 20.8. The van der Waals surface area contributed by atoms with Crippen LogP contribution in [0.1, 0.15) is 35.5 Å². The summed E-state index contributed by atoms with van der Waals surface area (Å²) in [5.41, 5.74) is 2.50. The highest BCUT2D eigenvalue weighted by Gasteiger charge is 2.19. The Morgan fingerprint density at radius 2 is 1.90 bits per heavy atom. The predicted octanol–water partition coefficient (Wildman–Crippen LogP) is 4.98. The maximum atomic E-state index is 13.5. The van der Waals surface area contributed by atoms with Crippen molar-refractivity contribution in [3.63, 3.8) is 0 Å². The average Bonchev–Trinajstić information content (AvgIpc) is 3.13. The maximum Gasteiger partial charge on any atom is 0.254 e. The van der Waals surface area contributed by atoms with Gasteiger partial charge in [0, 0.05) is 30.5 Å². The van der Waals surface area contributed by atoms with Crippen LogP contribution in [0.15, 0.2) is 66.9 Å². The standard InChI is InChI=1S/C24H27FN2O2/c1-18(2)15-27(24(28)20-8-5-11-23(14-20)29-3)17-22-10-6-12-26(22)16-19-7-4-9-21(25)13-19/h4-14,18H,15-17H2,1-3H3. The molecule has 0 unspecified atom stereocenters. The summed E-state index contributed by atoms with van der Waals surface area (Å²) in [5.74, 6) is 0.716. The summed E-state index contributed by atoms with van der Waals surface area (Å²) in [7, 11) is 1.59. The van der Waals surface area contributed by atoms with E-state index in [-0.39, 0.29) is 11.7 Å². The first-order valence-corrected chi connectivity index (χ1v) is 9.78. The molecule has 1 aromatic heterocycles. The van der Waals surface area contributed by atoms with Crippen LogP contribution in [0.4, 0.5) is 4.39 Å². The quantitative estimate of drug-likeness (QED) is 0.540. The van der Waals surface area contributed by atoms with E-state index in [9.17, 15) is 9.18 Å². The molecule has 3 aromatic rings. The lowest BCUT2D eigenvalue weighted by Gasteiger charge is -2.25. The fourth-order valence-electron chi connectivity index (χ4n) is 3.37. The van der Waals surface area contributed by atoms with Crippen LogP contribution >= 0.6 is 0 Å². The molecule has 152 valence electrons. The molecule has 0 aliphatic rings. The molecule has 1 amide bonds. The molecule has 0 saturated carbocycles. The number of carbonyl (C=O) groups is 1. The Morgan fingerprint density at radius 3 is 2.62 bits per heavy atom. The summed E-state index contributed by atoms with van der Waals surface area (Å²) in [6.45, 7) is 5.87. The summed E-state index contributed by atoms with van der Waals surface area (Å²) in [5, 5.41) is 0. The Labute approximate surface area is 171 Å². The fraction of sp³-hybridized carbons (Fsp3) is 0.292. The van der Waals surface area contributed by atoms with E-state index in [0.717, 1.165) is 11.3 Å². The molecule has 4 nitrogen and oxygen atoms in total. The molecule has 0 atom stereocenters. The Hall–Kier alpha value is -3.08. The first-order chi connectivity index (χ1) is 14.0. The molecule has 0 aliphatic heterocycles. The number of carbonyl (C=O) groups excluding carboxylic acids is 1. The van der Waals surface area contributed by atoms with E-state index in [2.05, 4.69) is 18.4 Å². The molecule has 0 fully saturated rings. The number of hydrogen-bond donors (Lipinski definition) is 0. The van der Waals surface area contributed by atoms with Gasteiger partial charge in [0.15, 0.2) is 0 Å². The lowest BCUT2D eigenvalue weighted by atomic mass is 10.1. The lowest BCUT2D eigenvalue weighted by Crippen LogP contribution is -2.34. The first kappa shape index (κ1) is 20.6. The molecule has 29 heavy (non-hydrogen) atoms. The summed E-state index contributed by atoms with van der Waals surface area (Å²) >= 11 is 0. The van der Waals surface area contributed by atoms with Crippen molar-refractivity contribution in [2.24, 2.45) is 5.92 Å². The highest BCUT2D eigenvalue weighted by atomic mass is 19.1. The van der Waals surface area contributed by atoms with Crippen molar-refractivity contribution in [3.05, 3.63) is 89.5 Å². The first-order valence-electron chi connectivity index (χ1n) is 9.78. The van der Waals surface area contributed by atoms with Crippen molar-refractivity contribution >= 4 is 5.91 Å². The molecule has 0 aliphatic carbocycles. The highest BCUT2D eigenvalue weighted by Crippen LogP contribution is 2.18. The molecular formula is C24H27FN2O2. The average molecular weight is 394 g/mol. The minimum absolute atomic E-state index is 0.0314. The van der Waals surface area contributed by atoms with Gasteiger partial charge in [-0.2, -0.15) is 0 Å². The van der Waals surface area contributed by atoms with Crippen molar-refractivity contribution in [2.75, 3.05) is 13.7 Å². The van der Waals surface area contributed by atoms with Gasteiger partial charge in [-0.25, -0.2) is 4.39 Å². The van der Waals surface area contributed by atoms with Crippen molar-refractivity contribution in [2.45, 2.75) is 26.9 Å². The van der Waals surface area contributed by atoms with Gasteiger partial charge in [0.25, 0.3) is 5.91 Å². The van der Waals surface area contributed by atoms with Gasteiger partial charge < -0.3 is 14.2 Å². The van der Waals surface area contributed by atoms with Gasteiger partial charge in [-0.1, -0.05) is 32.0 Å².